The lowest BCUT2D eigenvalue weighted by Gasteiger charge is -2.26. The Balaban J connectivity index is 1.85. The Morgan fingerprint density at radius 2 is 1.95 bits per heavy atom. The van der Waals surface area contributed by atoms with Crippen LogP contribution in [0.25, 0.3) is 0 Å². The van der Waals surface area contributed by atoms with Crippen LogP contribution in [0.2, 0.25) is 0 Å². The van der Waals surface area contributed by atoms with Crippen LogP contribution in [0, 0.1) is 5.92 Å². The Morgan fingerprint density at radius 1 is 1.25 bits per heavy atom. The van der Waals surface area contributed by atoms with E-state index in [1.165, 1.54) is 11.1 Å². The maximum Gasteiger partial charge on any atom is 0.237 e. The molecular formula is C17H26N2O. The highest BCUT2D eigenvalue weighted by atomic mass is 16.2. The molecule has 1 aliphatic rings. The summed E-state index contributed by atoms with van der Waals surface area (Å²) in [7, 11) is 0. The van der Waals surface area contributed by atoms with Crippen LogP contribution in [-0.4, -0.2) is 18.0 Å². The summed E-state index contributed by atoms with van der Waals surface area (Å²) in [6, 6.07) is 8.51. The summed E-state index contributed by atoms with van der Waals surface area (Å²) in [5.41, 5.74) is 2.60. The molecule has 0 bridgehead atoms. The van der Waals surface area contributed by atoms with Crippen molar-refractivity contribution in [1.82, 2.24) is 10.6 Å². The highest BCUT2D eigenvalue weighted by Crippen LogP contribution is 2.16. The zero-order chi connectivity index (χ0) is 14.5. The van der Waals surface area contributed by atoms with Gasteiger partial charge in [0.2, 0.25) is 5.91 Å². The predicted molar refractivity (Wildman–Crippen MR) is 82.5 cm³/mol. The van der Waals surface area contributed by atoms with Gasteiger partial charge in [-0.05, 0) is 43.2 Å². The number of hydrogen-bond acceptors (Lipinski definition) is 2. The zero-order valence-electron chi connectivity index (χ0n) is 12.8. The number of nitrogens with one attached hydrogen (secondary N) is 2. The van der Waals surface area contributed by atoms with Gasteiger partial charge < -0.3 is 10.6 Å². The number of rotatable bonds is 5. The molecule has 0 radical (unpaired) electrons. The van der Waals surface area contributed by atoms with Crippen LogP contribution in [0.4, 0.5) is 0 Å². The summed E-state index contributed by atoms with van der Waals surface area (Å²) in [5.74, 6) is 0.824. The Hall–Kier alpha value is -1.35. The second kappa shape index (κ2) is 6.89. The smallest absolute Gasteiger partial charge is 0.237 e. The Labute approximate surface area is 122 Å². The Bertz CT molecular complexity index is 456. The molecule has 1 aromatic rings. The average Bonchev–Trinajstić information content (AvgIpc) is 2.44. The topological polar surface area (TPSA) is 41.1 Å². The summed E-state index contributed by atoms with van der Waals surface area (Å²) in [5, 5.41) is 6.47. The molecule has 1 aromatic carbocycles. The van der Waals surface area contributed by atoms with E-state index in [4.69, 9.17) is 0 Å². The molecule has 1 aliphatic heterocycles. The molecule has 2 unspecified atom stereocenters. The van der Waals surface area contributed by atoms with E-state index in [1.54, 1.807) is 0 Å². The largest absolute Gasteiger partial charge is 0.352 e. The van der Waals surface area contributed by atoms with Gasteiger partial charge in [0.25, 0.3) is 0 Å². The number of carbonyl (C=O) groups is 1. The summed E-state index contributed by atoms with van der Waals surface area (Å²) in [4.78, 5) is 12.3. The van der Waals surface area contributed by atoms with Gasteiger partial charge in [-0.2, -0.15) is 0 Å². The number of hydrogen-bond donors (Lipinski definition) is 2. The van der Waals surface area contributed by atoms with Gasteiger partial charge in [0.1, 0.15) is 0 Å². The van der Waals surface area contributed by atoms with Crippen LogP contribution in [0.5, 0.6) is 0 Å². The van der Waals surface area contributed by atoms with Crippen molar-refractivity contribution < 1.29 is 4.79 Å². The van der Waals surface area contributed by atoms with E-state index in [2.05, 4.69) is 49.6 Å². The first kappa shape index (κ1) is 15.0. The van der Waals surface area contributed by atoms with Crippen LogP contribution in [0.1, 0.15) is 44.7 Å². The molecule has 0 saturated heterocycles. The van der Waals surface area contributed by atoms with Crippen LogP contribution in [-0.2, 0) is 17.8 Å². The van der Waals surface area contributed by atoms with Crippen molar-refractivity contribution in [2.75, 3.05) is 0 Å². The summed E-state index contributed by atoms with van der Waals surface area (Å²) in [6.07, 6.45) is 2.99. The predicted octanol–water partition coefficient (Wildman–Crippen LogP) is 2.64. The molecule has 2 atom stereocenters. The maximum atomic E-state index is 12.3. The fourth-order valence-electron chi connectivity index (χ4n) is 2.64. The molecule has 3 nitrogen and oxygen atoms in total. The summed E-state index contributed by atoms with van der Waals surface area (Å²) < 4.78 is 0. The van der Waals surface area contributed by atoms with Crippen molar-refractivity contribution in [2.45, 2.75) is 58.7 Å². The van der Waals surface area contributed by atoms with Gasteiger partial charge in [0, 0.05) is 12.6 Å². The van der Waals surface area contributed by atoms with Gasteiger partial charge in [-0.3, -0.25) is 4.79 Å². The molecule has 2 rings (SSSR count). The standard InChI is InChI=1S/C17H26N2O/c1-12(2)8-9-13(3)19-17(20)16-10-14-6-4-5-7-15(14)11-18-16/h4-7,12-13,16,18H,8-11H2,1-3H3,(H,19,20). The number of fused-ring (bicyclic) bond motifs is 1. The molecule has 110 valence electrons. The third-order valence-electron chi connectivity index (χ3n) is 3.96. The fraction of sp³-hybridized carbons (Fsp3) is 0.588. The first-order valence-corrected chi connectivity index (χ1v) is 7.66. The van der Waals surface area contributed by atoms with Crippen LogP contribution < -0.4 is 10.6 Å². The van der Waals surface area contributed by atoms with Crippen molar-refractivity contribution in [3.63, 3.8) is 0 Å². The number of benzene rings is 1. The lowest BCUT2D eigenvalue weighted by Crippen LogP contribution is -2.49. The molecule has 0 spiro atoms. The maximum absolute atomic E-state index is 12.3. The summed E-state index contributed by atoms with van der Waals surface area (Å²) >= 11 is 0. The third kappa shape index (κ3) is 4.07. The Morgan fingerprint density at radius 3 is 2.65 bits per heavy atom. The van der Waals surface area contributed by atoms with E-state index in [1.807, 2.05) is 6.07 Å². The van der Waals surface area contributed by atoms with Crippen molar-refractivity contribution in [3.05, 3.63) is 35.4 Å². The van der Waals surface area contributed by atoms with Crippen LogP contribution in [0.3, 0.4) is 0 Å². The number of carbonyl (C=O) groups excluding carboxylic acids is 1. The zero-order valence-corrected chi connectivity index (χ0v) is 12.8. The SMILES string of the molecule is CC(C)CCC(C)NC(=O)C1Cc2ccccc2CN1. The third-order valence-corrected chi connectivity index (χ3v) is 3.96. The molecule has 2 N–H and O–H groups in total. The van der Waals surface area contributed by atoms with Crippen molar-refractivity contribution >= 4 is 5.91 Å². The molecular weight excluding hydrogens is 248 g/mol. The van der Waals surface area contributed by atoms with Gasteiger partial charge in [0.05, 0.1) is 6.04 Å². The van der Waals surface area contributed by atoms with E-state index >= 15 is 0 Å². The monoisotopic (exact) mass is 274 g/mol. The minimum Gasteiger partial charge on any atom is -0.352 e. The van der Waals surface area contributed by atoms with E-state index in [0.29, 0.717) is 5.92 Å². The molecule has 0 aromatic heterocycles. The molecule has 0 fully saturated rings. The van der Waals surface area contributed by atoms with Crippen molar-refractivity contribution in [2.24, 2.45) is 5.92 Å². The van der Waals surface area contributed by atoms with E-state index < -0.39 is 0 Å². The quantitative estimate of drug-likeness (QED) is 0.866. The normalized spacial score (nSPS) is 19.5. The minimum atomic E-state index is -0.0913. The molecule has 0 aliphatic carbocycles. The van der Waals surface area contributed by atoms with E-state index in [-0.39, 0.29) is 18.0 Å². The fourth-order valence-corrected chi connectivity index (χ4v) is 2.64. The second-order valence-electron chi connectivity index (χ2n) is 6.29. The first-order chi connectivity index (χ1) is 9.56. The second-order valence-corrected chi connectivity index (χ2v) is 6.29. The van der Waals surface area contributed by atoms with E-state index in [9.17, 15) is 4.79 Å². The van der Waals surface area contributed by atoms with Gasteiger partial charge in [-0.1, -0.05) is 38.1 Å². The molecule has 20 heavy (non-hydrogen) atoms. The lowest BCUT2D eigenvalue weighted by molar-refractivity contribution is -0.124. The highest BCUT2D eigenvalue weighted by molar-refractivity contribution is 5.82. The average molecular weight is 274 g/mol. The minimum absolute atomic E-state index is 0.0913. The molecule has 0 saturated carbocycles. The van der Waals surface area contributed by atoms with Gasteiger partial charge in [0.15, 0.2) is 0 Å². The van der Waals surface area contributed by atoms with Crippen molar-refractivity contribution in [1.29, 1.82) is 0 Å². The summed E-state index contributed by atoms with van der Waals surface area (Å²) in [6.45, 7) is 7.31. The molecule has 1 amide bonds. The van der Waals surface area contributed by atoms with E-state index in [0.717, 1.165) is 25.8 Å². The first-order valence-electron chi connectivity index (χ1n) is 7.66. The van der Waals surface area contributed by atoms with Gasteiger partial charge >= 0.3 is 0 Å². The van der Waals surface area contributed by atoms with Gasteiger partial charge in [-0.15, -0.1) is 0 Å². The lowest BCUT2D eigenvalue weighted by atomic mass is 9.95. The van der Waals surface area contributed by atoms with Gasteiger partial charge in [-0.25, -0.2) is 0 Å². The molecule has 3 heteroatoms. The van der Waals surface area contributed by atoms with Crippen molar-refractivity contribution in [3.8, 4) is 0 Å². The van der Waals surface area contributed by atoms with Crippen LogP contribution >= 0.6 is 0 Å². The van der Waals surface area contributed by atoms with Crippen LogP contribution in [0.15, 0.2) is 24.3 Å². The molecule has 1 heterocycles. The highest BCUT2D eigenvalue weighted by Gasteiger charge is 2.24. The number of amides is 1. The Kier molecular flexibility index (Phi) is 5.18.